The Balaban J connectivity index is 1.60. The van der Waals surface area contributed by atoms with Gasteiger partial charge in [-0.05, 0) is 29.4 Å². The number of nitrogens with one attached hydrogen (secondary N) is 3. The first-order chi connectivity index (χ1) is 18.2. The molecule has 0 bridgehead atoms. The van der Waals surface area contributed by atoms with Gasteiger partial charge >= 0.3 is 12.1 Å². The largest absolute Gasteiger partial charge is 0.471 e. The normalized spacial score (nSPS) is 24.3. The maximum absolute atomic E-state index is 13.9. The van der Waals surface area contributed by atoms with Crippen LogP contribution in [-0.2, 0) is 24.6 Å². The maximum Gasteiger partial charge on any atom is 0.471 e. The van der Waals surface area contributed by atoms with E-state index in [1.165, 1.54) is 25.7 Å². The number of nitrogens with zero attached hydrogens (tertiary/aromatic N) is 2. The molecule has 2 aliphatic heterocycles. The summed E-state index contributed by atoms with van der Waals surface area (Å²) in [6, 6.07) is 5.51. The molecule has 1 saturated heterocycles. The highest BCUT2D eigenvalue weighted by molar-refractivity contribution is 6.07. The van der Waals surface area contributed by atoms with Gasteiger partial charge in [-0.1, -0.05) is 58.2 Å². The number of nitriles is 1. The minimum Gasteiger partial charge on any atom is -0.342 e. The lowest BCUT2D eigenvalue weighted by Gasteiger charge is -2.35. The van der Waals surface area contributed by atoms with Crippen molar-refractivity contribution < 1.29 is 32.3 Å². The number of hydrogen-bond donors (Lipinski definition) is 3. The summed E-state index contributed by atoms with van der Waals surface area (Å²) in [6.07, 6.45) is -2.26. The summed E-state index contributed by atoms with van der Waals surface area (Å²) in [5.41, 5.74) is -0.922. The van der Waals surface area contributed by atoms with Gasteiger partial charge in [0.05, 0.1) is 11.5 Å². The Hall–Kier alpha value is -3.62. The van der Waals surface area contributed by atoms with E-state index in [9.17, 15) is 37.6 Å². The topological polar surface area (TPSA) is 131 Å². The SMILES string of the molecule is CC(C)(C)[C@H](NC(=O)C(F)(F)F)C(=O)N[C@@H](CC1CCC1)C(=O)N1C[C@]2(C[C@H]1C#N)C(=O)Nc1ccccc12. The molecular formula is C27H32F3N5O4. The molecule has 1 spiro atoms. The van der Waals surface area contributed by atoms with Gasteiger partial charge in [0.1, 0.15) is 18.1 Å². The van der Waals surface area contributed by atoms with Gasteiger partial charge in [0.2, 0.25) is 17.7 Å². The first kappa shape index (κ1) is 28.4. The molecule has 0 unspecified atom stereocenters. The number of amides is 4. The van der Waals surface area contributed by atoms with Crippen LogP contribution in [0.4, 0.5) is 18.9 Å². The van der Waals surface area contributed by atoms with Crippen molar-refractivity contribution in [3.8, 4) is 6.07 Å². The molecule has 210 valence electrons. The fourth-order valence-electron chi connectivity index (χ4n) is 5.61. The summed E-state index contributed by atoms with van der Waals surface area (Å²) in [6.45, 7) is 4.44. The van der Waals surface area contributed by atoms with Crippen molar-refractivity contribution in [2.24, 2.45) is 11.3 Å². The van der Waals surface area contributed by atoms with Gasteiger partial charge in [-0.3, -0.25) is 19.2 Å². The lowest BCUT2D eigenvalue weighted by molar-refractivity contribution is -0.175. The Morgan fingerprint density at radius 1 is 1.18 bits per heavy atom. The van der Waals surface area contributed by atoms with E-state index in [-0.39, 0.29) is 31.2 Å². The molecule has 9 nitrogen and oxygen atoms in total. The van der Waals surface area contributed by atoms with Crippen LogP contribution in [0.15, 0.2) is 24.3 Å². The molecule has 3 N–H and O–H groups in total. The average molecular weight is 548 g/mol. The van der Waals surface area contributed by atoms with E-state index < -0.39 is 52.9 Å². The summed E-state index contributed by atoms with van der Waals surface area (Å²) >= 11 is 0. The van der Waals surface area contributed by atoms with Crippen LogP contribution in [0.25, 0.3) is 0 Å². The first-order valence-corrected chi connectivity index (χ1v) is 13.0. The highest BCUT2D eigenvalue weighted by atomic mass is 19.4. The van der Waals surface area contributed by atoms with Crippen molar-refractivity contribution in [1.82, 2.24) is 15.5 Å². The van der Waals surface area contributed by atoms with Crippen LogP contribution in [-0.4, -0.2) is 59.4 Å². The van der Waals surface area contributed by atoms with Gasteiger partial charge < -0.3 is 20.9 Å². The molecule has 1 aromatic carbocycles. The molecular weight excluding hydrogens is 515 g/mol. The van der Waals surface area contributed by atoms with Crippen LogP contribution < -0.4 is 16.0 Å². The standard InChI is InChI=1S/C27H32F3N5O4/c1-25(2,3)20(34-24(39)27(28,29)30)21(36)32-19(11-15-7-6-8-15)22(37)35-14-26(12-16(35)13-31)17-9-4-5-10-18(17)33-23(26)38/h4-5,9-10,15-16,19-20H,6-8,11-12,14H2,1-3H3,(H,32,36)(H,33,38)(H,34,39)/t16-,19-,20+,26-/m0/s1. The van der Waals surface area contributed by atoms with E-state index in [0.29, 0.717) is 11.3 Å². The zero-order valence-corrected chi connectivity index (χ0v) is 22.0. The Morgan fingerprint density at radius 2 is 1.85 bits per heavy atom. The van der Waals surface area contributed by atoms with Crippen LogP contribution >= 0.6 is 0 Å². The minimum absolute atomic E-state index is 0.0720. The Labute approximate surface area is 224 Å². The lowest BCUT2D eigenvalue weighted by atomic mass is 9.79. The minimum atomic E-state index is -5.19. The van der Waals surface area contributed by atoms with Gasteiger partial charge in [-0.25, -0.2) is 0 Å². The number of likely N-dealkylation sites (tertiary alicyclic amines) is 1. The Bertz CT molecular complexity index is 1220. The second-order valence-corrected chi connectivity index (χ2v) is 11.8. The van der Waals surface area contributed by atoms with Gasteiger partial charge in [0, 0.05) is 18.7 Å². The molecule has 0 aromatic heterocycles. The molecule has 3 aliphatic rings. The number of alkyl halides is 3. The molecule has 1 saturated carbocycles. The molecule has 0 radical (unpaired) electrons. The Morgan fingerprint density at radius 3 is 2.41 bits per heavy atom. The summed E-state index contributed by atoms with van der Waals surface area (Å²) in [7, 11) is 0. The average Bonchev–Trinajstić information content (AvgIpc) is 3.35. The maximum atomic E-state index is 13.9. The third-order valence-corrected chi connectivity index (χ3v) is 7.99. The number of carbonyl (C=O) groups is 4. The van der Waals surface area contributed by atoms with Crippen LogP contribution in [0.1, 0.15) is 58.4 Å². The van der Waals surface area contributed by atoms with Crippen LogP contribution in [0.2, 0.25) is 0 Å². The predicted octanol–water partition coefficient (Wildman–Crippen LogP) is 2.77. The zero-order chi connectivity index (χ0) is 28.8. The van der Waals surface area contributed by atoms with Crippen LogP contribution in [0.3, 0.4) is 0 Å². The quantitative estimate of drug-likeness (QED) is 0.504. The summed E-state index contributed by atoms with van der Waals surface area (Å²) in [4.78, 5) is 53.3. The van der Waals surface area contributed by atoms with Crippen molar-refractivity contribution in [3.63, 3.8) is 0 Å². The molecule has 1 aromatic rings. The van der Waals surface area contributed by atoms with Crippen molar-refractivity contribution in [2.75, 3.05) is 11.9 Å². The van der Waals surface area contributed by atoms with E-state index >= 15 is 0 Å². The fourth-order valence-corrected chi connectivity index (χ4v) is 5.61. The van der Waals surface area contributed by atoms with E-state index in [4.69, 9.17) is 0 Å². The number of fused-ring (bicyclic) bond motifs is 2. The monoisotopic (exact) mass is 547 g/mol. The van der Waals surface area contributed by atoms with Gasteiger partial charge in [0.15, 0.2) is 0 Å². The third kappa shape index (κ3) is 5.44. The number of rotatable bonds is 6. The predicted molar refractivity (Wildman–Crippen MR) is 134 cm³/mol. The van der Waals surface area contributed by atoms with Gasteiger partial charge in [0.25, 0.3) is 0 Å². The lowest BCUT2D eigenvalue weighted by Crippen LogP contribution is -2.60. The second-order valence-electron chi connectivity index (χ2n) is 11.8. The number of hydrogen-bond acceptors (Lipinski definition) is 5. The highest BCUT2D eigenvalue weighted by Crippen LogP contribution is 2.46. The highest BCUT2D eigenvalue weighted by Gasteiger charge is 2.56. The van der Waals surface area contributed by atoms with Crippen molar-refractivity contribution >= 4 is 29.3 Å². The summed E-state index contributed by atoms with van der Waals surface area (Å²) in [5.74, 6) is -3.96. The molecule has 1 aliphatic carbocycles. The van der Waals surface area contributed by atoms with Gasteiger partial charge in [-0.15, -0.1) is 0 Å². The molecule has 39 heavy (non-hydrogen) atoms. The van der Waals surface area contributed by atoms with Crippen molar-refractivity contribution in [3.05, 3.63) is 29.8 Å². The van der Waals surface area contributed by atoms with E-state index in [0.717, 1.165) is 19.3 Å². The summed E-state index contributed by atoms with van der Waals surface area (Å²) in [5, 5.41) is 17.1. The van der Waals surface area contributed by atoms with Crippen LogP contribution in [0.5, 0.6) is 0 Å². The van der Waals surface area contributed by atoms with Gasteiger partial charge in [-0.2, -0.15) is 18.4 Å². The Kier molecular flexibility index (Phi) is 7.40. The second kappa shape index (κ2) is 10.2. The molecule has 4 amide bonds. The van der Waals surface area contributed by atoms with E-state index in [1.807, 2.05) is 0 Å². The van der Waals surface area contributed by atoms with Crippen LogP contribution in [0, 0.1) is 22.7 Å². The molecule has 4 atom stereocenters. The summed E-state index contributed by atoms with van der Waals surface area (Å²) < 4.78 is 38.9. The smallest absolute Gasteiger partial charge is 0.342 e. The molecule has 12 heteroatoms. The third-order valence-electron chi connectivity index (χ3n) is 7.99. The fraction of sp³-hybridized carbons (Fsp3) is 0.593. The van der Waals surface area contributed by atoms with E-state index in [1.54, 1.807) is 29.6 Å². The molecule has 2 heterocycles. The first-order valence-electron chi connectivity index (χ1n) is 13.0. The number of benzene rings is 1. The molecule has 2 fully saturated rings. The van der Waals surface area contributed by atoms with Crippen molar-refractivity contribution in [1.29, 1.82) is 5.26 Å². The zero-order valence-electron chi connectivity index (χ0n) is 22.0. The van der Waals surface area contributed by atoms with Crippen molar-refractivity contribution in [2.45, 2.75) is 82.6 Å². The number of para-hydroxylation sites is 1. The number of halogens is 3. The number of anilines is 1. The van der Waals surface area contributed by atoms with E-state index in [2.05, 4.69) is 16.7 Å². The molecule has 4 rings (SSSR count). The number of carbonyl (C=O) groups excluding carboxylic acids is 4.